The second-order valence-corrected chi connectivity index (χ2v) is 4.02. The van der Waals surface area contributed by atoms with E-state index in [1.807, 2.05) is 19.9 Å². The maximum atomic E-state index is 10.6. The van der Waals surface area contributed by atoms with Gasteiger partial charge in [0, 0.05) is 0 Å². The summed E-state index contributed by atoms with van der Waals surface area (Å²) in [4.78, 5) is 10.6. The van der Waals surface area contributed by atoms with Crippen molar-refractivity contribution in [2.45, 2.75) is 32.2 Å². The molecule has 0 N–H and O–H groups in total. The first kappa shape index (κ1) is 13.7. The predicted molar refractivity (Wildman–Crippen MR) is 61.3 cm³/mol. The van der Waals surface area contributed by atoms with E-state index in [1.165, 1.54) is 13.4 Å². The van der Waals surface area contributed by atoms with E-state index in [2.05, 4.69) is 9.47 Å². The highest BCUT2D eigenvalue weighted by atomic mass is 16.7. The molecule has 0 aromatic rings. The summed E-state index contributed by atoms with van der Waals surface area (Å²) in [6, 6.07) is 0. The lowest BCUT2D eigenvalue weighted by Gasteiger charge is -2.16. The Morgan fingerprint density at radius 2 is 2.24 bits per heavy atom. The summed E-state index contributed by atoms with van der Waals surface area (Å²) in [7, 11) is 1.26. The largest absolute Gasteiger partial charge is 0.512 e. The van der Waals surface area contributed by atoms with E-state index >= 15 is 0 Å². The average molecular weight is 242 g/mol. The standard InChI is InChI=1S/C12H18O5/c1-12(2)16-9-10(17-12)7-5-4-6-8-15-11(13)14-3/h4-6,8,10H,7,9H2,1-3H3/b5-4+,8-6+. The lowest BCUT2D eigenvalue weighted by Crippen LogP contribution is -2.21. The zero-order valence-corrected chi connectivity index (χ0v) is 10.3. The van der Waals surface area contributed by atoms with Gasteiger partial charge in [-0.15, -0.1) is 0 Å². The summed E-state index contributed by atoms with van der Waals surface area (Å²) in [5.41, 5.74) is 0. The van der Waals surface area contributed by atoms with Crippen molar-refractivity contribution in [1.82, 2.24) is 0 Å². The highest BCUT2D eigenvalue weighted by Gasteiger charge is 2.31. The minimum atomic E-state index is -0.732. The molecule has 0 radical (unpaired) electrons. The number of allylic oxidation sites excluding steroid dienone is 2. The second kappa shape index (κ2) is 6.42. The maximum Gasteiger partial charge on any atom is 0.512 e. The van der Waals surface area contributed by atoms with Gasteiger partial charge in [0.15, 0.2) is 5.79 Å². The molecule has 0 saturated carbocycles. The van der Waals surface area contributed by atoms with Crippen LogP contribution in [-0.2, 0) is 18.9 Å². The number of hydrogen-bond acceptors (Lipinski definition) is 5. The average Bonchev–Trinajstić information content (AvgIpc) is 2.63. The second-order valence-electron chi connectivity index (χ2n) is 4.02. The monoisotopic (exact) mass is 242 g/mol. The molecule has 1 unspecified atom stereocenters. The summed E-state index contributed by atoms with van der Waals surface area (Å²) in [6.45, 7) is 4.38. The normalized spacial score (nSPS) is 23.4. The molecule has 96 valence electrons. The molecule has 0 spiro atoms. The van der Waals surface area contributed by atoms with E-state index in [1.54, 1.807) is 12.2 Å². The van der Waals surface area contributed by atoms with Crippen molar-refractivity contribution >= 4 is 6.16 Å². The van der Waals surface area contributed by atoms with Gasteiger partial charge >= 0.3 is 6.16 Å². The van der Waals surface area contributed by atoms with Crippen LogP contribution >= 0.6 is 0 Å². The lowest BCUT2D eigenvalue weighted by atomic mass is 10.2. The molecule has 1 atom stereocenters. The van der Waals surface area contributed by atoms with Crippen LogP contribution in [0.15, 0.2) is 24.5 Å². The quantitative estimate of drug-likeness (QED) is 0.430. The van der Waals surface area contributed by atoms with Gasteiger partial charge < -0.3 is 18.9 Å². The molecule has 1 aliphatic heterocycles. The van der Waals surface area contributed by atoms with E-state index in [0.717, 1.165) is 6.42 Å². The van der Waals surface area contributed by atoms with E-state index in [0.29, 0.717) is 6.61 Å². The fourth-order valence-electron chi connectivity index (χ4n) is 1.38. The molecule has 5 nitrogen and oxygen atoms in total. The van der Waals surface area contributed by atoms with Gasteiger partial charge in [-0.2, -0.15) is 0 Å². The minimum absolute atomic E-state index is 0.0798. The van der Waals surface area contributed by atoms with Crippen molar-refractivity contribution in [2.24, 2.45) is 0 Å². The number of carbonyl (C=O) groups excluding carboxylic acids is 1. The Bertz CT molecular complexity index is 306. The lowest BCUT2D eigenvalue weighted by molar-refractivity contribution is -0.137. The van der Waals surface area contributed by atoms with Crippen molar-refractivity contribution in [1.29, 1.82) is 0 Å². The Balaban J connectivity index is 2.16. The summed E-state index contributed by atoms with van der Waals surface area (Å²) >= 11 is 0. The van der Waals surface area contributed by atoms with Gasteiger partial charge in [0.2, 0.25) is 0 Å². The highest BCUT2D eigenvalue weighted by molar-refractivity contribution is 5.60. The summed E-state index contributed by atoms with van der Waals surface area (Å²) in [5, 5.41) is 0. The van der Waals surface area contributed by atoms with Gasteiger partial charge in [0.25, 0.3) is 0 Å². The van der Waals surface area contributed by atoms with Gasteiger partial charge in [0.1, 0.15) is 0 Å². The molecule has 0 aliphatic carbocycles. The van der Waals surface area contributed by atoms with Crippen LogP contribution < -0.4 is 0 Å². The van der Waals surface area contributed by atoms with E-state index in [-0.39, 0.29) is 6.10 Å². The summed E-state index contributed by atoms with van der Waals surface area (Å²) in [5.74, 6) is -0.484. The summed E-state index contributed by atoms with van der Waals surface area (Å²) in [6.07, 6.45) is 6.67. The van der Waals surface area contributed by atoms with Crippen molar-refractivity contribution in [3.8, 4) is 0 Å². The first-order valence-electron chi connectivity index (χ1n) is 5.41. The Labute approximate surface area is 101 Å². The first-order valence-corrected chi connectivity index (χ1v) is 5.41. The zero-order valence-electron chi connectivity index (χ0n) is 10.3. The van der Waals surface area contributed by atoms with Crippen LogP contribution in [0.5, 0.6) is 0 Å². The minimum Gasteiger partial charge on any atom is -0.437 e. The fraction of sp³-hybridized carbons (Fsp3) is 0.583. The molecule has 0 bridgehead atoms. The molecule has 1 aliphatic rings. The van der Waals surface area contributed by atoms with Crippen LogP contribution in [0.1, 0.15) is 20.3 Å². The Morgan fingerprint density at radius 1 is 1.47 bits per heavy atom. The topological polar surface area (TPSA) is 54.0 Å². The molecular formula is C12H18O5. The Morgan fingerprint density at radius 3 is 2.82 bits per heavy atom. The summed E-state index contributed by atoms with van der Waals surface area (Å²) < 4.78 is 19.9. The van der Waals surface area contributed by atoms with Crippen LogP contribution in [-0.4, -0.2) is 31.8 Å². The third kappa shape index (κ3) is 5.51. The smallest absolute Gasteiger partial charge is 0.437 e. The molecule has 1 rings (SSSR count). The van der Waals surface area contributed by atoms with Crippen molar-refractivity contribution in [2.75, 3.05) is 13.7 Å². The van der Waals surface area contributed by atoms with Gasteiger partial charge in [-0.3, -0.25) is 0 Å². The zero-order chi connectivity index (χ0) is 12.7. The van der Waals surface area contributed by atoms with Crippen LogP contribution in [0.4, 0.5) is 4.79 Å². The number of carbonyl (C=O) groups is 1. The highest BCUT2D eigenvalue weighted by Crippen LogP contribution is 2.24. The van der Waals surface area contributed by atoms with Crippen molar-refractivity contribution in [3.63, 3.8) is 0 Å². The number of rotatable bonds is 4. The fourth-order valence-corrected chi connectivity index (χ4v) is 1.38. The van der Waals surface area contributed by atoms with Crippen LogP contribution in [0, 0.1) is 0 Å². The maximum absolute atomic E-state index is 10.6. The SMILES string of the molecule is COC(=O)O/C=C/C=C/CC1COC(C)(C)O1. The molecule has 1 fully saturated rings. The number of hydrogen-bond donors (Lipinski definition) is 0. The van der Waals surface area contributed by atoms with Crippen LogP contribution in [0.25, 0.3) is 0 Å². The molecule has 5 heteroatoms. The third-order valence-electron chi connectivity index (χ3n) is 2.12. The Kier molecular flexibility index (Phi) is 5.18. The molecular weight excluding hydrogens is 224 g/mol. The molecule has 0 amide bonds. The van der Waals surface area contributed by atoms with E-state index in [9.17, 15) is 4.79 Å². The van der Waals surface area contributed by atoms with Crippen LogP contribution in [0.3, 0.4) is 0 Å². The molecule has 0 aromatic heterocycles. The van der Waals surface area contributed by atoms with Crippen LogP contribution in [0.2, 0.25) is 0 Å². The predicted octanol–water partition coefficient (Wildman–Crippen LogP) is 2.38. The van der Waals surface area contributed by atoms with Crippen molar-refractivity contribution < 1.29 is 23.7 Å². The van der Waals surface area contributed by atoms with Gasteiger partial charge in [-0.05, 0) is 26.3 Å². The molecule has 1 saturated heterocycles. The molecule has 17 heavy (non-hydrogen) atoms. The van der Waals surface area contributed by atoms with Gasteiger partial charge in [-0.1, -0.05) is 12.2 Å². The van der Waals surface area contributed by atoms with Gasteiger partial charge in [0.05, 0.1) is 26.1 Å². The van der Waals surface area contributed by atoms with Crippen molar-refractivity contribution in [3.05, 3.63) is 24.5 Å². The van der Waals surface area contributed by atoms with Gasteiger partial charge in [-0.25, -0.2) is 4.79 Å². The van der Waals surface area contributed by atoms with E-state index < -0.39 is 11.9 Å². The third-order valence-corrected chi connectivity index (χ3v) is 2.12. The number of ether oxygens (including phenoxy) is 4. The first-order chi connectivity index (χ1) is 8.03. The molecule has 1 heterocycles. The molecule has 0 aromatic carbocycles. The Hall–Kier alpha value is -1.33. The number of methoxy groups -OCH3 is 1. The van der Waals surface area contributed by atoms with E-state index in [4.69, 9.17) is 9.47 Å².